The van der Waals surface area contributed by atoms with E-state index in [1.807, 2.05) is 0 Å². The van der Waals surface area contributed by atoms with E-state index in [-0.39, 0.29) is 18.2 Å². The zero-order chi connectivity index (χ0) is 22.4. The first-order valence-corrected chi connectivity index (χ1v) is 12.5. The minimum absolute atomic E-state index is 0.0882. The molecule has 0 unspecified atom stereocenters. The van der Waals surface area contributed by atoms with Crippen molar-refractivity contribution in [3.05, 3.63) is 39.7 Å². The summed E-state index contributed by atoms with van der Waals surface area (Å²) >= 11 is 1.75. The number of imide groups is 1. The Labute approximate surface area is 195 Å². The van der Waals surface area contributed by atoms with Crippen LogP contribution >= 0.6 is 11.3 Å². The third-order valence-corrected chi connectivity index (χ3v) is 7.46. The lowest BCUT2D eigenvalue weighted by atomic mass is 10.1. The van der Waals surface area contributed by atoms with Crippen LogP contribution in [0.4, 0.5) is 5.82 Å². The lowest BCUT2D eigenvalue weighted by molar-refractivity contribution is -0.124. The fourth-order valence-electron chi connectivity index (χ4n) is 4.56. The van der Waals surface area contributed by atoms with Gasteiger partial charge >= 0.3 is 0 Å². The molecular weight excluding hydrogens is 436 g/mol. The number of carbonyl (C=O) groups is 2. The summed E-state index contributed by atoms with van der Waals surface area (Å²) in [6.45, 7) is 0.887. The molecule has 170 valence electrons. The summed E-state index contributed by atoms with van der Waals surface area (Å²) in [5.41, 5.74) is 3.80. The number of nitrogens with one attached hydrogen (secondary N) is 3. The van der Waals surface area contributed by atoms with E-state index in [2.05, 4.69) is 38.6 Å². The third kappa shape index (κ3) is 4.30. The highest BCUT2D eigenvalue weighted by Crippen LogP contribution is 2.31. The molecule has 1 aliphatic heterocycles. The van der Waals surface area contributed by atoms with Gasteiger partial charge in [-0.2, -0.15) is 9.61 Å². The summed E-state index contributed by atoms with van der Waals surface area (Å²) in [4.78, 5) is 29.9. The van der Waals surface area contributed by atoms with Gasteiger partial charge in [-0.05, 0) is 37.8 Å². The molecule has 3 N–H and O–H groups in total. The number of thiophene rings is 1. The molecule has 2 aliphatic carbocycles. The van der Waals surface area contributed by atoms with Crippen LogP contribution in [0.15, 0.2) is 29.3 Å². The molecule has 6 rings (SSSR count). The second-order valence-corrected chi connectivity index (χ2v) is 10.2. The topological polar surface area (TPSA) is 100 Å². The Balaban J connectivity index is 1.34. The Kier molecular flexibility index (Phi) is 5.22. The van der Waals surface area contributed by atoms with E-state index in [1.165, 1.54) is 30.6 Å². The lowest BCUT2D eigenvalue weighted by Gasteiger charge is -2.10. The molecule has 33 heavy (non-hydrogen) atoms. The Morgan fingerprint density at radius 3 is 2.76 bits per heavy atom. The van der Waals surface area contributed by atoms with Crippen LogP contribution in [0, 0.1) is 0 Å². The first-order valence-electron chi connectivity index (χ1n) is 11.6. The van der Waals surface area contributed by atoms with E-state index in [9.17, 15) is 9.59 Å². The van der Waals surface area contributed by atoms with E-state index >= 15 is 0 Å². The monoisotopic (exact) mass is 462 g/mol. The molecule has 0 atom stereocenters. The molecule has 2 amide bonds. The van der Waals surface area contributed by atoms with Crippen LogP contribution in [0.5, 0.6) is 0 Å². The summed E-state index contributed by atoms with van der Waals surface area (Å²) in [5.74, 6) is 0.277. The SMILES string of the molecule is O=C1C/C(=C\c2cnn3c(NC4CC4)cc(-c4csc(CNC5CCCC5)c4)nc23)C(=O)N1. The molecule has 3 aromatic rings. The van der Waals surface area contributed by atoms with Crippen LogP contribution in [-0.4, -0.2) is 38.5 Å². The minimum atomic E-state index is -0.343. The highest BCUT2D eigenvalue weighted by atomic mass is 32.1. The van der Waals surface area contributed by atoms with Crippen molar-refractivity contribution in [3.8, 4) is 11.3 Å². The molecule has 9 heteroatoms. The summed E-state index contributed by atoms with van der Waals surface area (Å²) in [6.07, 6.45) is 11.0. The van der Waals surface area contributed by atoms with Gasteiger partial charge in [0, 0.05) is 51.7 Å². The molecule has 0 bridgehead atoms. The summed E-state index contributed by atoms with van der Waals surface area (Å²) in [6, 6.07) is 5.36. The average Bonchev–Trinajstić information content (AvgIpc) is 3.22. The smallest absolute Gasteiger partial charge is 0.254 e. The van der Waals surface area contributed by atoms with Gasteiger partial charge in [0.25, 0.3) is 5.91 Å². The van der Waals surface area contributed by atoms with Gasteiger partial charge in [-0.3, -0.25) is 14.9 Å². The van der Waals surface area contributed by atoms with Gasteiger partial charge < -0.3 is 10.6 Å². The number of anilines is 1. The fourth-order valence-corrected chi connectivity index (χ4v) is 5.39. The van der Waals surface area contributed by atoms with E-state index in [4.69, 9.17) is 4.98 Å². The van der Waals surface area contributed by atoms with Crippen molar-refractivity contribution in [3.63, 3.8) is 0 Å². The van der Waals surface area contributed by atoms with Gasteiger partial charge in [0.15, 0.2) is 5.65 Å². The van der Waals surface area contributed by atoms with Crippen LogP contribution in [0.25, 0.3) is 23.0 Å². The second kappa shape index (κ2) is 8.39. The quantitative estimate of drug-likeness (QED) is 0.367. The number of nitrogens with zero attached hydrogens (tertiary/aromatic N) is 3. The molecule has 1 saturated heterocycles. The number of fused-ring (bicyclic) bond motifs is 1. The maximum atomic E-state index is 12.1. The van der Waals surface area contributed by atoms with Crippen molar-refractivity contribution in [2.24, 2.45) is 0 Å². The van der Waals surface area contributed by atoms with E-state index in [0.717, 1.165) is 42.0 Å². The third-order valence-electron chi connectivity index (χ3n) is 6.52. The van der Waals surface area contributed by atoms with Gasteiger partial charge in [0.2, 0.25) is 5.91 Å². The molecule has 0 spiro atoms. The Morgan fingerprint density at radius 2 is 2.00 bits per heavy atom. The van der Waals surface area contributed by atoms with E-state index < -0.39 is 0 Å². The Hall–Kier alpha value is -3.04. The van der Waals surface area contributed by atoms with Gasteiger partial charge in [-0.25, -0.2) is 4.98 Å². The number of carbonyl (C=O) groups excluding carboxylic acids is 2. The predicted octanol–water partition coefficient (Wildman–Crippen LogP) is 3.49. The minimum Gasteiger partial charge on any atom is -0.367 e. The largest absolute Gasteiger partial charge is 0.367 e. The molecular formula is C24H26N6O2S. The van der Waals surface area contributed by atoms with Crippen molar-refractivity contribution in [1.29, 1.82) is 0 Å². The molecule has 4 heterocycles. The van der Waals surface area contributed by atoms with E-state index in [1.54, 1.807) is 28.1 Å². The normalized spacial score (nSPS) is 20.3. The Bertz CT molecular complexity index is 1270. The number of hydrogen-bond acceptors (Lipinski definition) is 7. The molecule has 0 aromatic carbocycles. The molecule has 0 radical (unpaired) electrons. The zero-order valence-corrected chi connectivity index (χ0v) is 19.1. The fraction of sp³-hybridized carbons (Fsp3) is 0.417. The molecule has 3 fully saturated rings. The number of aromatic nitrogens is 3. The van der Waals surface area contributed by atoms with Gasteiger partial charge in [0.05, 0.1) is 18.3 Å². The predicted molar refractivity (Wildman–Crippen MR) is 128 cm³/mol. The maximum absolute atomic E-state index is 12.1. The molecule has 3 aromatic heterocycles. The van der Waals surface area contributed by atoms with Crippen LogP contribution in [-0.2, 0) is 16.1 Å². The Morgan fingerprint density at radius 1 is 1.15 bits per heavy atom. The summed E-state index contributed by atoms with van der Waals surface area (Å²) in [7, 11) is 0. The van der Waals surface area contributed by atoms with Crippen molar-refractivity contribution in [2.75, 3.05) is 5.32 Å². The molecule has 8 nitrogen and oxygen atoms in total. The number of amides is 2. The van der Waals surface area contributed by atoms with Crippen LogP contribution in [0.3, 0.4) is 0 Å². The van der Waals surface area contributed by atoms with Crippen LogP contribution in [0.2, 0.25) is 0 Å². The van der Waals surface area contributed by atoms with Gasteiger partial charge in [0.1, 0.15) is 5.82 Å². The van der Waals surface area contributed by atoms with Crippen molar-refractivity contribution in [2.45, 2.75) is 63.6 Å². The highest BCUT2D eigenvalue weighted by Gasteiger charge is 2.26. The zero-order valence-electron chi connectivity index (χ0n) is 18.3. The first-order chi connectivity index (χ1) is 16.1. The number of rotatable bonds is 7. The van der Waals surface area contributed by atoms with Crippen molar-refractivity contribution in [1.82, 2.24) is 25.2 Å². The van der Waals surface area contributed by atoms with Crippen LogP contribution in [0.1, 0.15) is 55.4 Å². The molecule has 3 aliphatic rings. The van der Waals surface area contributed by atoms with Crippen molar-refractivity contribution < 1.29 is 9.59 Å². The van der Waals surface area contributed by atoms with Gasteiger partial charge in [-0.1, -0.05) is 12.8 Å². The summed E-state index contributed by atoms with van der Waals surface area (Å²) in [5, 5.41) is 16.3. The lowest BCUT2D eigenvalue weighted by Crippen LogP contribution is -2.24. The van der Waals surface area contributed by atoms with Crippen molar-refractivity contribution >= 4 is 40.7 Å². The summed E-state index contributed by atoms with van der Waals surface area (Å²) < 4.78 is 1.79. The number of hydrogen-bond donors (Lipinski definition) is 3. The average molecular weight is 463 g/mol. The maximum Gasteiger partial charge on any atom is 0.254 e. The van der Waals surface area contributed by atoms with E-state index in [0.29, 0.717) is 23.3 Å². The first kappa shape index (κ1) is 20.6. The molecule has 2 saturated carbocycles. The standard InChI is InChI=1S/C24H26N6O2S/c31-22-9-14(24(32)29-22)7-15-11-26-30-21(27-18-5-6-18)10-20(28-23(15)30)16-8-19(33-13-16)12-25-17-3-1-2-4-17/h7-8,10-11,13,17-18,25,27H,1-6,9,12H2,(H,29,31,32)/b14-7+. The van der Waals surface area contributed by atoms with Crippen LogP contribution < -0.4 is 16.0 Å². The van der Waals surface area contributed by atoms with Gasteiger partial charge in [-0.15, -0.1) is 11.3 Å². The second-order valence-electron chi connectivity index (χ2n) is 9.17. The highest BCUT2D eigenvalue weighted by molar-refractivity contribution is 7.10.